The van der Waals surface area contributed by atoms with Gasteiger partial charge in [0.2, 0.25) is 0 Å². The highest BCUT2D eigenvalue weighted by atomic mass is 19.1. The van der Waals surface area contributed by atoms with Crippen LogP contribution < -0.4 is 10.6 Å². The van der Waals surface area contributed by atoms with E-state index in [-0.39, 0.29) is 11.4 Å². The molecule has 20 heavy (non-hydrogen) atoms. The second-order valence-electron chi connectivity index (χ2n) is 6.00. The maximum absolute atomic E-state index is 13.5. The predicted octanol–water partition coefficient (Wildman–Crippen LogP) is 1.81. The van der Waals surface area contributed by atoms with E-state index in [4.69, 9.17) is 5.73 Å². The molecular formula is C15H21FN4. The molecule has 2 aliphatic rings. The minimum Gasteiger partial charge on any atom is -0.369 e. The quantitative estimate of drug-likeness (QED) is 0.851. The second kappa shape index (κ2) is 4.74. The molecule has 2 heterocycles. The third-order valence-corrected chi connectivity index (χ3v) is 4.66. The zero-order valence-electron chi connectivity index (χ0n) is 12.0. The van der Waals surface area contributed by atoms with Crippen molar-refractivity contribution < 1.29 is 4.39 Å². The SMILES string of the molecule is CC1CC2(CCN1C)CN=C(N)N2c1cccc(F)c1. The summed E-state index contributed by atoms with van der Waals surface area (Å²) < 4.78 is 13.5. The van der Waals surface area contributed by atoms with Crippen LogP contribution in [0, 0.1) is 5.82 Å². The minimum absolute atomic E-state index is 0.0934. The van der Waals surface area contributed by atoms with Crippen molar-refractivity contribution in [1.29, 1.82) is 0 Å². The smallest absolute Gasteiger partial charge is 0.196 e. The Morgan fingerprint density at radius 1 is 1.45 bits per heavy atom. The van der Waals surface area contributed by atoms with E-state index in [1.165, 1.54) is 6.07 Å². The summed E-state index contributed by atoms with van der Waals surface area (Å²) in [4.78, 5) is 8.83. The fourth-order valence-corrected chi connectivity index (χ4v) is 3.39. The monoisotopic (exact) mass is 276 g/mol. The molecule has 108 valence electrons. The molecule has 5 heteroatoms. The van der Waals surface area contributed by atoms with Gasteiger partial charge in [-0.15, -0.1) is 0 Å². The zero-order valence-corrected chi connectivity index (χ0v) is 12.0. The highest BCUT2D eigenvalue weighted by Gasteiger charge is 2.46. The lowest BCUT2D eigenvalue weighted by Crippen LogP contribution is -2.59. The number of hydrogen-bond acceptors (Lipinski definition) is 4. The van der Waals surface area contributed by atoms with Crippen molar-refractivity contribution in [3.63, 3.8) is 0 Å². The van der Waals surface area contributed by atoms with Crippen LogP contribution in [0.2, 0.25) is 0 Å². The molecule has 2 N–H and O–H groups in total. The number of piperidine rings is 1. The zero-order chi connectivity index (χ0) is 14.3. The number of likely N-dealkylation sites (tertiary alicyclic amines) is 1. The molecule has 0 bridgehead atoms. The summed E-state index contributed by atoms with van der Waals surface area (Å²) in [6, 6.07) is 7.10. The van der Waals surface area contributed by atoms with Gasteiger partial charge in [-0.1, -0.05) is 6.07 Å². The largest absolute Gasteiger partial charge is 0.369 e. The minimum atomic E-state index is -0.238. The number of nitrogens with two attached hydrogens (primary N) is 1. The Labute approximate surface area is 119 Å². The van der Waals surface area contributed by atoms with Gasteiger partial charge >= 0.3 is 0 Å². The van der Waals surface area contributed by atoms with E-state index < -0.39 is 0 Å². The van der Waals surface area contributed by atoms with E-state index in [2.05, 4.69) is 23.9 Å². The van der Waals surface area contributed by atoms with Gasteiger partial charge in [0.25, 0.3) is 0 Å². The molecule has 0 saturated carbocycles. The van der Waals surface area contributed by atoms with Crippen molar-refractivity contribution in [2.45, 2.75) is 31.3 Å². The summed E-state index contributed by atoms with van der Waals surface area (Å²) in [7, 11) is 2.14. The van der Waals surface area contributed by atoms with Crippen molar-refractivity contribution in [2.24, 2.45) is 10.7 Å². The summed E-state index contributed by atoms with van der Waals surface area (Å²) >= 11 is 0. The number of rotatable bonds is 1. The number of hydrogen-bond donors (Lipinski definition) is 1. The topological polar surface area (TPSA) is 44.9 Å². The van der Waals surface area contributed by atoms with E-state index in [1.807, 2.05) is 11.0 Å². The van der Waals surface area contributed by atoms with E-state index in [0.29, 0.717) is 18.5 Å². The Bertz CT molecular complexity index is 544. The maximum atomic E-state index is 13.5. The molecule has 1 spiro atoms. The molecule has 1 fully saturated rings. The molecule has 0 aromatic heterocycles. The summed E-state index contributed by atoms with van der Waals surface area (Å²) in [5, 5.41) is 0. The number of aliphatic imine (C=N–C) groups is 1. The van der Waals surface area contributed by atoms with Gasteiger partial charge < -0.3 is 15.5 Å². The van der Waals surface area contributed by atoms with Crippen LogP contribution >= 0.6 is 0 Å². The molecule has 4 nitrogen and oxygen atoms in total. The summed E-state index contributed by atoms with van der Waals surface area (Å²) in [6.45, 7) is 3.93. The van der Waals surface area contributed by atoms with Crippen LogP contribution in [0.15, 0.2) is 29.3 Å². The van der Waals surface area contributed by atoms with Gasteiger partial charge in [-0.2, -0.15) is 0 Å². The van der Waals surface area contributed by atoms with Crippen LogP contribution in [-0.2, 0) is 0 Å². The number of nitrogens with zero attached hydrogens (tertiary/aromatic N) is 3. The first-order chi connectivity index (χ1) is 9.52. The maximum Gasteiger partial charge on any atom is 0.196 e. The molecule has 0 radical (unpaired) electrons. The van der Waals surface area contributed by atoms with Crippen LogP contribution in [0.25, 0.3) is 0 Å². The molecule has 1 saturated heterocycles. The van der Waals surface area contributed by atoms with Crippen LogP contribution in [0.5, 0.6) is 0 Å². The van der Waals surface area contributed by atoms with Crippen molar-refractivity contribution >= 4 is 11.6 Å². The van der Waals surface area contributed by atoms with E-state index in [9.17, 15) is 4.39 Å². The standard InChI is InChI=1S/C15H21FN4/c1-11-9-15(6-7-19(11)2)10-18-14(17)20(15)13-5-3-4-12(16)8-13/h3-5,8,11H,6-7,9-10H2,1-2H3,(H2,17,18). The molecule has 2 aliphatic heterocycles. The van der Waals surface area contributed by atoms with Gasteiger partial charge in [-0.25, -0.2) is 4.39 Å². The molecule has 1 aromatic rings. The molecule has 2 unspecified atom stereocenters. The fraction of sp³-hybridized carbons (Fsp3) is 0.533. The highest BCUT2D eigenvalue weighted by Crippen LogP contribution is 2.38. The third-order valence-electron chi connectivity index (χ3n) is 4.66. The molecule has 1 aromatic carbocycles. The van der Waals surface area contributed by atoms with Crippen molar-refractivity contribution in [3.8, 4) is 0 Å². The Morgan fingerprint density at radius 2 is 2.25 bits per heavy atom. The Balaban J connectivity index is 1.96. The van der Waals surface area contributed by atoms with Crippen LogP contribution in [0.1, 0.15) is 19.8 Å². The van der Waals surface area contributed by atoms with Crippen molar-refractivity contribution in [2.75, 3.05) is 25.0 Å². The molecule has 0 aliphatic carbocycles. The van der Waals surface area contributed by atoms with Gasteiger partial charge in [0.1, 0.15) is 5.82 Å². The molecule has 2 atom stereocenters. The molecule has 3 rings (SSSR count). The number of anilines is 1. The van der Waals surface area contributed by atoms with E-state index in [0.717, 1.165) is 25.1 Å². The first-order valence-corrected chi connectivity index (χ1v) is 7.08. The normalized spacial score (nSPS) is 30.9. The lowest BCUT2D eigenvalue weighted by atomic mass is 9.82. The van der Waals surface area contributed by atoms with Gasteiger partial charge in [0.05, 0.1) is 12.1 Å². The Hall–Kier alpha value is -1.62. The summed E-state index contributed by atoms with van der Waals surface area (Å²) in [5.41, 5.74) is 6.80. The highest BCUT2D eigenvalue weighted by molar-refractivity contribution is 5.98. The van der Waals surface area contributed by atoms with Crippen LogP contribution in [0.4, 0.5) is 10.1 Å². The first-order valence-electron chi connectivity index (χ1n) is 7.08. The van der Waals surface area contributed by atoms with Gasteiger partial charge in [0, 0.05) is 18.3 Å². The van der Waals surface area contributed by atoms with Gasteiger partial charge in [-0.3, -0.25) is 4.99 Å². The molecular weight excluding hydrogens is 255 g/mol. The van der Waals surface area contributed by atoms with Crippen molar-refractivity contribution in [1.82, 2.24) is 4.90 Å². The molecule has 0 amide bonds. The Morgan fingerprint density at radius 3 is 2.95 bits per heavy atom. The first kappa shape index (κ1) is 13.4. The predicted molar refractivity (Wildman–Crippen MR) is 79.4 cm³/mol. The summed E-state index contributed by atoms with van der Waals surface area (Å²) in [5.74, 6) is 0.269. The number of benzene rings is 1. The number of halogens is 1. The fourth-order valence-electron chi connectivity index (χ4n) is 3.39. The summed E-state index contributed by atoms with van der Waals surface area (Å²) in [6.07, 6.45) is 1.98. The van der Waals surface area contributed by atoms with Gasteiger partial charge in [0.15, 0.2) is 5.96 Å². The van der Waals surface area contributed by atoms with E-state index in [1.54, 1.807) is 12.1 Å². The third kappa shape index (κ3) is 2.06. The lowest BCUT2D eigenvalue weighted by molar-refractivity contribution is 0.141. The average Bonchev–Trinajstić information content (AvgIpc) is 2.72. The lowest BCUT2D eigenvalue weighted by Gasteiger charge is -2.47. The van der Waals surface area contributed by atoms with Crippen LogP contribution in [0.3, 0.4) is 0 Å². The van der Waals surface area contributed by atoms with E-state index >= 15 is 0 Å². The van der Waals surface area contributed by atoms with Crippen molar-refractivity contribution in [3.05, 3.63) is 30.1 Å². The Kier molecular flexibility index (Phi) is 3.17. The van der Waals surface area contributed by atoms with Crippen LogP contribution in [-0.4, -0.2) is 42.6 Å². The average molecular weight is 276 g/mol. The second-order valence-corrected chi connectivity index (χ2v) is 6.00. The number of guanidine groups is 1. The van der Waals surface area contributed by atoms with Gasteiger partial charge in [-0.05, 0) is 45.0 Å².